The minimum Gasteiger partial charge on any atom is -0.477 e. The number of nitrogens with one attached hydrogen (secondary N) is 1. The zero-order valence-corrected chi connectivity index (χ0v) is 14.1. The highest BCUT2D eigenvalue weighted by atomic mass is 32.1. The summed E-state index contributed by atoms with van der Waals surface area (Å²) in [6.07, 6.45) is 4.43. The van der Waals surface area contributed by atoms with Crippen LogP contribution in [0.5, 0.6) is 5.88 Å². The molecule has 1 N–H and O–H groups in total. The first-order valence-electron chi connectivity index (χ1n) is 7.66. The van der Waals surface area contributed by atoms with E-state index in [2.05, 4.69) is 40.4 Å². The number of aromatic nitrogens is 3. The molecule has 1 aliphatic rings. The van der Waals surface area contributed by atoms with Gasteiger partial charge in [0.2, 0.25) is 11.0 Å². The molecule has 2 heterocycles. The van der Waals surface area contributed by atoms with Crippen molar-refractivity contribution in [3.8, 4) is 5.88 Å². The number of hydrogen-bond acceptors (Lipinski definition) is 6. The van der Waals surface area contributed by atoms with E-state index in [1.54, 1.807) is 0 Å². The molecule has 0 aromatic carbocycles. The third-order valence-corrected chi connectivity index (χ3v) is 4.17. The van der Waals surface area contributed by atoms with Crippen molar-refractivity contribution in [3.05, 3.63) is 29.7 Å². The lowest BCUT2D eigenvalue weighted by molar-refractivity contribution is 0.288. The Balaban J connectivity index is 1.51. The molecule has 0 amide bonds. The molecule has 1 saturated carbocycles. The number of ether oxygens (including phenoxy) is 1. The van der Waals surface area contributed by atoms with Crippen LogP contribution in [0.3, 0.4) is 0 Å². The Labute approximate surface area is 135 Å². The predicted molar refractivity (Wildman–Crippen MR) is 88.4 cm³/mol. The van der Waals surface area contributed by atoms with Crippen LogP contribution >= 0.6 is 11.5 Å². The molecule has 2 aromatic rings. The molecule has 0 bridgehead atoms. The molecule has 1 fully saturated rings. The van der Waals surface area contributed by atoms with Gasteiger partial charge in [0, 0.05) is 35.8 Å². The molecule has 0 unspecified atom stereocenters. The zero-order valence-electron chi connectivity index (χ0n) is 13.3. The highest BCUT2D eigenvalue weighted by molar-refractivity contribution is 7.09. The molecule has 5 nitrogen and oxygen atoms in total. The average Bonchev–Trinajstić information content (AvgIpc) is 3.18. The number of rotatable bonds is 6. The van der Waals surface area contributed by atoms with Crippen LogP contribution in [-0.2, 0) is 12.0 Å². The molecule has 0 aliphatic heterocycles. The van der Waals surface area contributed by atoms with Gasteiger partial charge >= 0.3 is 0 Å². The summed E-state index contributed by atoms with van der Waals surface area (Å²) in [7, 11) is 0. The summed E-state index contributed by atoms with van der Waals surface area (Å²) in [4.78, 5) is 8.86. The summed E-state index contributed by atoms with van der Waals surface area (Å²) in [5.74, 6) is 2.33. The summed E-state index contributed by atoms with van der Waals surface area (Å²) >= 11 is 1.40. The Hall–Kier alpha value is -1.69. The Morgan fingerprint density at radius 2 is 2.14 bits per heavy atom. The Morgan fingerprint density at radius 1 is 1.32 bits per heavy atom. The van der Waals surface area contributed by atoms with Crippen molar-refractivity contribution in [2.75, 3.05) is 11.9 Å². The summed E-state index contributed by atoms with van der Waals surface area (Å²) in [5.41, 5.74) is 1.09. The van der Waals surface area contributed by atoms with Gasteiger partial charge in [-0.3, -0.25) is 0 Å². The molecule has 3 rings (SSSR count). The highest BCUT2D eigenvalue weighted by Crippen LogP contribution is 2.29. The van der Waals surface area contributed by atoms with Crippen molar-refractivity contribution in [2.24, 2.45) is 5.92 Å². The van der Waals surface area contributed by atoms with Gasteiger partial charge in [0.1, 0.15) is 5.82 Å². The van der Waals surface area contributed by atoms with Crippen molar-refractivity contribution in [1.29, 1.82) is 0 Å². The first-order chi connectivity index (χ1) is 10.5. The molecule has 6 heteroatoms. The van der Waals surface area contributed by atoms with Gasteiger partial charge in [-0.05, 0) is 24.3 Å². The molecule has 1 aliphatic carbocycles. The minimum absolute atomic E-state index is 0.0153. The average molecular weight is 318 g/mol. The highest BCUT2D eigenvalue weighted by Gasteiger charge is 2.22. The lowest BCUT2D eigenvalue weighted by Crippen LogP contribution is -2.13. The molecular weight excluding hydrogens is 296 g/mol. The van der Waals surface area contributed by atoms with Gasteiger partial charge in [-0.2, -0.15) is 4.37 Å². The smallest absolute Gasteiger partial charge is 0.213 e. The lowest BCUT2D eigenvalue weighted by atomic mass is 9.96. The second-order valence-corrected chi connectivity index (χ2v) is 7.54. The van der Waals surface area contributed by atoms with Gasteiger partial charge in [0.25, 0.3) is 0 Å². The summed E-state index contributed by atoms with van der Waals surface area (Å²) in [6.45, 7) is 7.83. The van der Waals surface area contributed by atoms with Crippen LogP contribution in [0.15, 0.2) is 18.3 Å². The Bertz CT molecular complexity index is 614. The summed E-state index contributed by atoms with van der Waals surface area (Å²) in [5, 5.41) is 4.14. The monoisotopic (exact) mass is 318 g/mol. The molecule has 0 saturated heterocycles. The van der Waals surface area contributed by atoms with E-state index in [-0.39, 0.29) is 5.41 Å². The maximum absolute atomic E-state index is 5.64. The summed E-state index contributed by atoms with van der Waals surface area (Å²) < 4.78 is 10.0. The predicted octanol–water partition coefficient (Wildman–Crippen LogP) is 3.63. The molecule has 22 heavy (non-hydrogen) atoms. The molecule has 0 spiro atoms. The van der Waals surface area contributed by atoms with E-state index in [0.29, 0.717) is 12.4 Å². The number of anilines is 1. The van der Waals surface area contributed by atoms with Gasteiger partial charge < -0.3 is 10.1 Å². The normalized spacial score (nSPS) is 14.9. The number of nitrogens with zero attached hydrogens (tertiary/aromatic N) is 3. The van der Waals surface area contributed by atoms with Crippen LogP contribution < -0.4 is 10.1 Å². The van der Waals surface area contributed by atoms with E-state index < -0.39 is 0 Å². The van der Waals surface area contributed by atoms with Crippen molar-refractivity contribution >= 4 is 16.7 Å². The summed E-state index contributed by atoms with van der Waals surface area (Å²) in [6, 6.07) is 3.97. The van der Waals surface area contributed by atoms with Crippen molar-refractivity contribution in [2.45, 2.75) is 45.6 Å². The Morgan fingerprint density at radius 3 is 2.73 bits per heavy atom. The second kappa shape index (κ2) is 6.20. The van der Waals surface area contributed by atoms with Crippen molar-refractivity contribution in [1.82, 2.24) is 14.3 Å². The first-order valence-corrected chi connectivity index (χ1v) is 8.44. The largest absolute Gasteiger partial charge is 0.477 e. The zero-order chi connectivity index (χ0) is 15.6. The third kappa shape index (κ3) is 4.16. The quantitative estimate of drug-likeness (QED) is 0.881. The second-order valence-electron chi connectivity index (χ2n) is 6.79. The van der Waals surface area contributed by atoms with Crippen LogP contribution in [0.1, 0.15) is 45.0 Å². The van der Waals surface area contributed by atoms with E-state index >= 15 is 0 Å². The van der Waals surface area contributed by atoms with Gasteiger partial charge in [-0.15, -0.1) is 0 Å². The maximum Gasteiger partial charge on any atom is 0.213 e. The first kappa shape index (κ1) is 15.2. The molecule has 0 atom stereocenters. The van der Waals surface area contributed by atoms with Gasteiger partial charge in [0.15, 0.2) is 0 Å². The van der Waals surface area contributed by atoms with Gasteiger partial charge in [0.05, 0.1) is 6.61 Å². The van der Waals surface area contributed by atoms with Crippen molar-refractivity contribution < 1.29 is 4.74 Å². The van der Waals surface area contributed by atoms with Crippen LogP contribution in [0.25, 0.3) is 0 Å². The van der Waals surface area contributed by atoms with Crippen LogP contribution in [0, 0.1) is 5.92 Å². The minimum atomic E-state index is -0.0153. The standard InChI is InChI=1S/C16H22N4OS/c1-16(2,3)14-19-15(22-20-14)18-9-12-6-7-13(17-8-12)21-10-11-4-5-11/h6-8,11H,4-5,9-10H2,1-3H3,(H,18,19,20). The molecule has 118 valence electrons. The van der Waals surface area contributed by atoms with E-state index in [9.17, 15) is 0 Å². The fraction of sp³-hybridized carbons (Fsp3) is 0.562. The molecule has 0 radical (unpaired) electrons. The van der Waals surface area contributed by atoms with Crippen LogP contribution in [0.2, 0.25) is 0 Å². The van der Waals surface area contributed by atoms with Crippen LogP contribution in [0.4, 0.5) is 5.13 Å². The fourth-order valence-electron chi connectivity index (χ4n) is 1.87. The maximum atomic E-state index is 5.64. The molecular formula is C16H22N4OS. The van der Waals surface area contributed by atoms with Gasteiger partial charge in [-0.25, -0.2) is 9.97 Å². The van der Waals surface area contributed by atoms with Crippen LogP contribution in [-0.4, -0.2) is 20.9 Å². The molecule has 2 aromatic heterocycles. The number of pyridine rings is 1. The topological polar surface area (TPSA) is 59.9 Å². The van der Waals surface area contributed by atoms with E-state index in [4.69, 9.17) is 4.74 Å². The van der Waals surface area contributed by atoms with Gasteiger partial charge in [-0.1, -0.05) is 26.8 Å². The lowest BCUT2D eigenvalue weighted by Gasteiger charge is -2.12. The van der Waals surface area contributed by atoms with E-state index in [0.717, 1.165) is 29.0 Å². The Kier molecular flexibility index (Phi) is 4.29. The number of hydrogen-bond donors (Lipinski definition) is 1. The third-order valence-electron chi connectivity index (χ3n) is 3.50. The van der Waals surface area contributed by atoms with E-state index in [1.807, 2.05) is 18.3 Å². The fourth-order valence-corrected chi connectivity index (χ4v) is 2.62. The van der Waals surface area contributed by atoms with Crippen molar-refractivity contribution in [3.63, 3.8) is 0 Å². The SMILES string of the molecule is CC(C)(C)c1nsc(NCc2ccc(OCC3CC3)nc2)n1. The van der Waals surface area contributed by atoms with E-state index in [1.165, 1.54) is 24.4 Å².